The summed E-state index contributed by atoms with van der Waals surface area (Å²) >= 11 is 6.14. The number of halogens is 1. The van der Waals surface area contributed by atoms with E-state index in [4.69, 9.17) is 11.6 Å². The monoisotopic (exact) mass is 250 g/mol. The number of ketones is 1. The lowest BCUT2D eigenvalue weighted by Crippen LogP contribution is -2.08. The Balaban J connectivity index is 1.93. The molecule has 1 saturated carbocycles. The van der Waals surface area contributed by atoms with Crippen LogP contribution in [0.3, 0.4) is 0 Å². The number of rotatable bonds is 4. The molecule has 1 aromatic carbocycles. The van der Waals surface area contributed by atoms with Gasteiger partial charge in [-0.15, -0.1) is 0 Å². The van der Waals surface area contributed by atoms with E-state index in [2.05, 4.69) is 0 Å². The molecule has 0 N–H and O–H groups in total. The van der Waals surface area contributed by atoms with Crippen LogP contribution in [0, 0.1) is 12.8 Å². The zero-order valence-electron chi connectivity index (χ0n) is 10.3. The molecule has 1 aromatic rings. The zero-order valence-corrected chi connectivity index (χ0v) is 11.1. The summed E-state index contributed by atoms with van der Waals surface area (Å²) < 4.78 is 0. The van der Waals surface area contributed by atoms with Gasteiger partial charge in [-0.1, -0.05) is 49.4 Å². The molecule has 2 heteroatoms. The van der Waals surface area contributed by atoms with E-state index in [0.29, 0.717) is 18.1 Å². The van der Waals surface area contributed by atoms with Gasteiger partial charge in [-0.2, -0.15) is 0 Å². The van der Waals surface area contributed by atoms with Gasteiger partial charge in [0.25, 0.3) is 0 Å². The molecule has 0 atom stereocenters. The molecule has 1 aliphatic rings. The smallest absolute Gasteiger partial charge is 0.137 e. The predicted molar refractivity (Wildman–Crippen MR) is 71.5 cm³/mol. The lowest BCUT2D eigenvalue weighted by atomic mass is 9.97. The Morgan fingerprint density at radius 2 is 2.06 bits per heavy atom. The fourth-order valence-electron chi connectivity index (χ4n) is 2.62. The Morgan fingerprint density at radius 3 is 2.71 bits per heavy atom. The Bertz CT molecular complexity index is 405. The van der Waals surface area contributed by atoms with Crippen LogP contribution < -0.4 is 0 Å². The molecule has 0 unspecified atom stereocenters. The molecule has 0 spiro atoms. The Labute approximate surface area is 108 Å². The van der Waals surface area contributed by atoms with E-state index in [-0.39, 0.29) is 0 Å². The average molecular weight is 251 g/mol. The number of aryl methyl sites for hydroxylation is 1. The minimum atomic E-state index is 0.336. The largest absolute Gasteiger partial charge is 0.299 e. The van der Waals surface area contributed by atoms with Crippen molar-refractivity contribution >= 4 is 17.4 Å². The van der Waals surface area contributed by atoms with Gasteiger partial charge < -0.3 is 0 Å². The lowest BCUT2D eigenvalue weighted by Gasteiger charge is -2.09. The number of hydrogen-bond acceptors (Lipinski definition) is 1. The topological polar surface area (TPSA) is 17.1 Å². The van der Waals surface area contributed by atoms with E-state index in [1.54, 1.807) is 0 Å². The van der Waals surface area contributed by atoms with Crippen molar-refractivity contribution in [3.63, 3.8) is 0 Å². The van der Waals surface area contributed by atoms with Crippen molar-refractivity contribution in [1.29, 1.82) is 0 Å². The van der Waals surface area contributed by atoms with Crippen LogP contribution in [0.25, 0.3) is 0 Å². The average Bonchev–Trinajstić information content (AvgIpc) is 2.75. The number of hydrogen-bond donors (Lipinski definition) is 0. The number of benzene rings is 1. The summed E-state index contributed by atoms with van der Waals surface area (Å²) in [4.78, 5) is 11.9. The van der Waals surface area contributed by atoms with Gasteiger partial charge in [0.05, 0.1) is 0 Å². The van der Waals surface area contributed by atoms with Crippen LogP contribution in [0.5, 0.6) is 0 Å². The molecule has 0 bridgehead atoms. The summed E-state index contributed by atoms with van der Waals surface area (Å²) in [6.07, 6.45) is 6.28. The van der Waals surface area contributed by atoms with Crippen molar-refractivity contribution in [2.45, 2.75) is 45.4 Å². The van der Waals surface area contributed by atoms with Crippen LogP contribution in [0.4, 0.5) is 0 Å². The highest BCUT2D eigenvalue weighted by atomic mass is 35.5. The number of carbonyl (C=O) groups excluding carboxylic acids is 1. The third-order valence-corrected chi connectivity index (χ3v) is 3.94. The molecule has 0 amide bonds. The molecule has 0 saturated heterocycles. The zero-order chi connectivity index (χ0) is 12.3. The van der Waals surface area contributed by atoms with Crippen LogP contribution in [0.15, 0.2) is 18.2 Å². The summed E-state index contributed by atoms with van der Waals surface area (Å²) in [5, 5.41) is 0.727. The molecule has 0 aromatic heterocycles. The maximum Gasteiger partial charge on any atom is 0.137 e. The number of carbonyl (C=O) groups is 1. The van der Waals surface area contributed by atoms with Gasteiger partial charge in [-0.25, -0.2) is 0 Å². The van der Waals surface area contributed by atoms with E-state index in [0.717, 1.165) is 22.6 Å². The van der Waals surface area contributed by atoms with Crippen LogP contribution in [0.2, 0.25) is 5.02 Å². The molecule has 1 nitrogen and oxygen atoms in total. The molecule has 17 heavy (non-hydrogen) atoms. The Kier molecular flexibility index (Phi) is 4.22. The molecular weight excluding hydrogens is 232 g/mol. The summed E-state index contributed by atoms with van der Waals surface area (Å²) in [5.74, 6) is 0.967. The molecule has 0 radical (unpaired) electrons. The van der Waals surface area contributed by atoms with E-state index in [1.807, 2.05) is 25.1 Å². The minimum Gasteiger partial charge on any atom is -0.299 e. The highest BCUT2D eigenvalue weighted by Gasteiger charge is 2.18. The third-order valence-electron chi connectivity index (χ3n) is 3.59. The normalized spacial score (nSPS) is 16.4. The standard InChI is InChI=1S/C15H19ClO/c1-11-6-7-13(15(16)8-11)10-14(17)9-12-4-2-3-5-12/h6-8,12H,2-5,9-10H2,1H3. The van der Waals surface area contributed by atoms with E-state index < -0.39 is 0 Å². The first-order chi connectivity index (χ1) is 8.15. The second-order valence-electron chi connectivity index (χ2n) is 5.16. The highest BCUT2D eigenvalue weighted by molar-refractivity contribution is 6.31. The summed E-state index contributed by atoms with van der Waals surface area (Å²) in [6.45, 7) is 2.01. The van der Waals surface area contributed by atoms with Crippen molar-refractivity contribution < 1.29 is 4.79 Å². The maximum absolute atomic E-state index is 11.9. The molecule has 92 valence electrons. The minimum absolute atomic E-state index is 0.336. The van der Waals surface area contributed by atoms with Gasteiger partial charge >= 0.3 is 0 Å². The van der Waals surface area contributed by atoms with Gasteiger partial charge in [0.1, 0.15) is 5.78 Å². The van der Waals surface area contributed by atoms with Crippen molar-refractivity contribution in [2.24, 2.45) is 5.92 Å². The third kappa shape index (κ3) is 3.57. The summed E-state index contributed by atoms with van der Waals surface area (Å²) in [6, 6.07) is 5.92. The second kappa shape index (κ2) is 5.68. The molecule has 1 aliphatic carbocycles. The molecule has 0 heterocycles. The lowest BCUT2D eigenvalue weighted by molar-refractivity contribution is -0.119. The van der Waals surface area contributed by atoms with Crippen LogP contribution in [-0.4, -0.2) is 5.78 Å². The van der Waals surface area contributed by atoms with Crippen LogP contribution >= 0.6 is 11.6 Å². The first-order valence-corrected chi connectivity index (χ1v) is 6.79. The van der Waals surface area contributed by atoms with Crippen LogP contribution in [-0.2, 0) is 11.2 Å². The number of Topliss-reactive ketones (excluding diaryl/α,β-unsaturated/α-hetero) is 1. The maximum atomic E-state index is 11.9. The van der Waals surface area contributed by atoms with Gasteiger partial charge in [0.15, 0.2) is 0 Å². The van der Waals surface area contributed by atoms with Crippen molar-refractivity contribution in [3.8, 4) is 0 Å². The van der Waals surface area contributed by atoms with E-state index in [1.165, 1.54) is 25.7 Å². The molecule has 0 aliphatic heterocycles. The highest BCUT2D eigenvalue weighted by Crippen LogP contribution is 2.28. The first kappa shape index (κ1) is 12.6. The van der Waals surface area contributed by atoms with Crippen LogP contribution in [0.1, 0.15) is 43.2 Å². The van der Waals surface area contributed by atoms with Crippen molar-refractivity contribution in [1.82, 2.24) is 0 Å². The van der Waals surface area contributed by atoms with E-state index >= 15 is 0 Å². The summed E-state index contributed by atoms with van der Waals surface area (Å²) in [5.41, 5.74) is 2.11. The first-order valence-electron chi connectivity index (χ1n) is 6.42. The Morgan fingerprint density at radius 1 is 1.35 bits per heavy atom. The fourth-order valence-corrected chi connectivity index (χ4v) is 2.92. The van der Waals surface area contributed by atoms with Gasteiger partial charge in [0.2, 0.25) is 0 Å². The van der Waals surface area contributed by atoms with Gasteiger partial charge in [-0.05, 0) is 30.0 Å². The molecular formula is C15H19ClO. The predicted octanol–water partition coefficient (Wildman–Crippen LogP) is 4.34. The summed E-state index contributed by atoms with van der Waals surface area (Å²) in [7, 11) is 0. The molecule has 1 fully saturated rings. The van der Waals surface area contributed by atoms with Gasteiger partial charge in [0, 0.05) is 17.9 Å². The van der Waals surface area contributed by atoms with E-state index in [9.17, 15) is 4.79 Å². The fraction of sp³-hybridized carbons (Fsp3) is 0.533. The van der Waals surface area contributed by atoms with Crippen molar-refractivity contribution in [2.75, 3.05) is 0 Å². The van der Waals surface area contributed by atoms with Crippen molar-refractivity contribution in [3.05, 3.63) is 34.3 Å². The quantitative estimate of drug-likeness (QED) is 0.777. The SMILES string of the molecule is Cc1ccc(CC(=O)CC2CCCC2)c(Cl)c1. The molecule has 2 rings (SSSR count). The Hall–Kier alpha value is -0.820. The van der Waals surface area contributed by atoms with Gasteiger partial charge in [-0.3, -0.25) is 4.79 Å². The second-order valence-corrected chi connectivity index (χ2v) is 5.57.